The van der Waals surface area contributed by atoms with E-state index in [1.807, 2.05) is 12.1 Å². The van der Waals surface area contributed by atoms with Gasteiger partial charge in [-0.15, -0.1) is 0 Å². The zero-order valence-electron chi connectivity index (χ0n) is 17.7. The van der Waals surface area contributed by atoms with Crippen molar-refractivity contribution in [1.29, 1.82) is 0 Å². The number of nitrogens with one attached hydrogen (secondary N) is 2. The maximum atomic E-state index is 12.9. The Kier molecular flexibility index (Phi) is 6.24. The molecule has 5 rings (SSSR count). The van der Waals surface area contributed by atoms with Gasteiger partial charge in [0.2, 0.25) is 0 Å². The van der Waals surface area contributed by atoms with Crippen LogP contribution in [0.1, 0.15) is 68.3 Å². The summed E-state index contributed by atoms with van der Waals surface area (Å²) in [6.45, 7) is 5.42. The van der Waals surface area contributed by atoms with E-state index in [9.17, 15) is 9.90 Å². The minimum Gasteiger partial charge on any atom is -0.391 e. The van der Waals surface area contributed by atoms with Crippen LogP contribution >= 0.6 is 11.6 Å². The molecule has 4 aliphatic carbocycles. The third-order valence-electron chi connectivity index (χ3n) is 7.30. The molecule has 4 saturated carbocycles. The highest BCUT2D eigenvalue weighted by molar-refractivity contribution is 6.33. The molecular weight excluding hydrogens is 384 g/mol. The fourth-order valence-corrected chi connectivity index (χ4v) is 6.66. The number of aliphatic hydroxyl groups excluding tert-OH is 1. The van der Waals surface area contributed by atoms with Gasteiger partial charge in [-0.05, 0) is 85.8 Å². The second-order valence-corrected chi connectivity index (χ2v) is 10.7. The van der Waals surface area contributed by atoms with Crippen molar-refractivity contribution in [3.05, 3.63) is 34.3 Å². The van der Waals surface area contributed by atoms with Crippen molar-refractivity contribution in [3.63, 3.8) is 0 Å². The second-order valence-electron chi connectivity index (χ2n) is 10.3. The Morgan fingerprint density at radius 3 is 2.38 bits per heavy atom. The molecule has 0 aliphatic heterocycles. The predicted molar refractivity (Wildman–Crippen MR) is 117 cm³/mol. The van der Waals surface area contributed by atoms with Gasteiger partial charge in [-0.3, -0.25) is 4.79 Å². The summed E-state index contributed by atoms with van der Waals surface area (Å²) in [5.74, 6) is 2.56. The van der Waals surface area contributed by atoms with Gasteiger partial charge in [-0.25, -0.2) is 0 Å². The molecule has 0 spiro atoms. The van der Waals surface area contributed by atoms with E-state index in [2.05, 4.69) is 24.5 Å². The van der Waals surface area contributed by atoms with Crippen LogP contribution in [0.2, 0.25) is 5.02 Å². The van der Waals surface area contributed by atoms with Crippen LogP contribution in [0, 0.1) is 23.2 Å². The smallest absolute Gasteiger partial charge is 0.252 e. The Labute approximate surface area is 179 Å². The first-order valence-corrected chi connectivity index (χ1v) is 11.7. The van der Waals surface area contributed by atoms with E-state index < -0.39 is 6.10 Å². The number of carbonyl (C=O) groups is 1. The topological polar surface area (TPSA) is 61.4 Å². The van der Waals surface area contributed by atoms with E-state index in [4.69, 9.17) is 11.6 Å². The van der Waals surface area contributed by atoms with Gasteiger partial charge in [0, 0.05) is 19.1 Å². The molecule has 4 fully saturated rings. The molecule has 1 atom stereocenters. The van der Waals surface area contributed by atoms with E-state index in [1.54, 1.807) is 6.07 Å². The van der Waals surface area contributed by atoms with E-state index in [0.29, 0.717) is 35.0 Å². The van der Waals surface area contributed by atoms with E-state index >= 15 is 0 Å². The number of rotatable bonds is 8. The van der Waals surface area contributed by atoms with Crippen LogP contribution in [0.15, 0.2) is 18.2 Å². The molecule has 0 radical (unpaired) electrons. The maximum Gasteiger partial charge on any atom is 0.252 e. The number of hydrogen-bond acceptors (Lipinski definition) is 3. The Balaban J connectivity index is 1.37. The first-order valence-electron chi connectivity index (χ1n) is 11.3. The molecule has 160 valence electrons. The molecule has 0 heterocycles. The van der Waals surface area contributed by atoms with Crippen molar-refractivity contribution in [2.75, 3.05) is 13.1 Å². The van der Waals surface area contributed by atoms with Gasteiger partial charge in [-0.1, -0.05) is 31.5 Å². The summed E-state index contributed by atoms with van der Waals surface area (Å²) in [6, 6.07) is 5.85. The molecule has 5 heteroatoms. The zero-order chi connectivity index (χ0) is 20.6. The van der Waals surface area contributed by atoms with Crippen LogP contribution in [0.5, 0.6) is 0 Å². The summed E-state index contributed by atoms with van der Waals surface area (Å²) in [5.41, 5.74) is 1.78. The number of carbonyl (C=O) groups excluding carboxylic acids is 1. The Morgan fingerprint density at radius 2 is 1.79 bits per heavy atom. The van der Waals surface area contributed by atoms with Gasteiger partial charge in [0.15, 0.2) is 0 Å². The summed E-state index contributed by atoms with van der Waals surface area (Å²) >= 11 is 6.35. The highest BCUT2D eigenvalue weighted by atomic mass is 35.5. The molecule has 0 aromatic heterocycles. The molecule has 4 nitrogen and oxygen atoms in total. The minimum absolute atomic E-state index is 0.0811. The molecule has 29 heavy (non-hydrogen) atoms. The third kappa shape index (κ3) is 4.98. The van der Waals surface area contributed by atoms with Gasteiger partial charge in [0.05, 0.1) is 16.7 Å². The third-order valence-corrected chi connectivity index (χ3v) is 7.63. The fraction of sp³-hybridized carbons (Fsp3) is 0.708. The van der Waals surface area contributed by atoms with Crippen molar-refractivity contribution in [1.82, 2.24) is 10.6 Å². The summed E-state index contributed by atoms with van der Waals surface area (Å²) in [6.07, 6.45) is 8.10. The highest BCUT2D eigenvalue weighted by Gasteiger charge is 2.50. The first-order chi connectivity index (χ1) is 13.8. The molecule has 1 aromatic carbocycles. The average Bonchev–Trinajstić information content (AvgIpc) is 2.65. The number of amides is 1. The van der Waals surface area contributed by atoms with E-state index in [1.165, 1.54) is 38.5 Å². The van der Waals surface area contributed by atoms with Gasteiger partial charge in [0.25, 0.3) is 5.91 Å². The second kappa shape index (κ2) is 8.56. The molecule has 0 saturated heterocycles. The number of hydrogen-bond donors (Lipinski definition) is 3. The number of benzene rings is 1. The Bertz CT molecular complexity index is 713. The van der Waals surface area contributed by atoms with Crippen LogP contribution in [-0.4, -0.2) is 36.2 Å². The molecule has 3 N–H and O–H groups in total. The van der Waals surface area contributed by atoms with Crippen LogP contribution in [0.25, 0.3) is 0 Å². The number of aliphatic hydroxyl groups is 1. The maximum absolute atomic E-state index is 12.9. The minimum atomic E-state index is -0.485. The first kappa shape index (κ1) is 21.1. The fourth-order valence-electron chi connectivity index (χ4n) is 6.46. The van der Waals surface area contributed by atoms with Crippen molar-refractivity contribution in [3.8, 4) is 0 Å². The predicted octanol–water partition coefficient (Wildman–Crippen LogP) is 4.19. The summed E-state index contributed by atoms with van der Waals surface area (Å²) in [4.78, 5) is 12.9. The lowest BCUT2D eigenvalue weighted by molar-refractivity contribution is -0.0503. The normalized spacial score (nSPS) is 31.3. The van der Waals surface area contributed by atoms with Crippen molar-refractivity contribution in [2.24, 2.45) is 23.2 Å². The SMILES string of the molecule is CC(C)NCC(O)Cc1ccc(Cl)c(C(=O)NCC23CC4CC(CC(C4)C2)C3)c1. The van der Waals surface area contributed by atoms with Gasteiger partial charge >= 0.3 is 0 Å². The van der Waals surface area contributed by atoms with Crippen molar-refractivity contribution >= 4 is 17.5 Å². The number of halogens is 1. The molecule has 1 amide bonds. The zero-order valence-corrected chi connectivity index (χ0v) is 18.5. The summed E-state index contributed by atoms with van der Waals surface area (Å²) < 4.78 is 0. The van der Waals surface area contributed by atoms with Crippen LogP contribution in [0.4, 0.5) is 0 Å². The monoisotopic (exact) mass is 418 g/mol. The van der Waals surface area contributed by atoms with Crippen molar-refractivity contribution in [2.45, 2.75) is 70.9 Å². The molecule has 4 aliphatic rings. The highest BCUT2D eigenvalue weighted by Crippen LogP contribution is 2.59. The Hall–Kier alpha value is -1.10. The summed E-state index contributed by atoms with van der Waals surface area (Å²) in [5, 5.41) is 17.2. The molecule has 1 unspecified atom stereocenters. The van der Waals surface area contributed by atoms with Crippen LogP contribution in [0.3, 0.4) is 0 Å². The lowest BCUT2D eigenvalue weighted by Gasteiger charge is -2.56. The van der Waals surface area contributed by atoms with Crippen molar-refractivity contribution < 1.29 is 9.90 Å². The standard InChI is InChI=1S/C24H35ClN2O2/c1-15(2)26-13-20(28)8-16-3-4-22(25)21(9-16)23(29)27-14-24-10-17-5-18(11-24)7-19(6-17)12-24/h3-4,9,15,17-20,26,28H,5-8,10-14H2,1-2H3,(H,27,29). The summed E-state index contributed by atoms with van der Waals surface area (Å²) in [7, 11) is 0. The van der Waals surface area contributed by atoms with Crippen LogP contribution < -0.4 is 10.6 Å². The quantitative estimate of drug-likeness (QED) is 0.593. The lowest BCUT2D eigenvalue weighted by atomic mass is 9.49. The average molecular weight is 419 g/mol. The van der Waals surface area contributed by atoms with Gasteiger partial charge in [0.1, 0.15) is 0 Å². The molecular formula is C24H35ClN2O2. The molecule has 4 bridgehead atoms. The van der Waals surface area contributed by atoms with E-state index in [0.717, 1.165) is 29.9 Å². The largest absolute Gasteiger partial charge is 0.391 e. The van der Waals surface area contributed by atoms with Gasteiger partial charge in [-0.2, -0.15) is 0 Å². The van der Waals surface area contributed by atoms with Gasteiger partial charge < -0.3 is 15.7 Å². The lowest BCUT2D eigenvalue weighted by Crippen LogP contribution is -2.51. The molecule has 1 aromatic rings. The van der Waals surface area contributed by atoms with Crippen LogP contribution in [-0.2, 0) is 6.42 Å². The Morgan fingerprint density at radius 1 is 1.17 bits per heavy atom. The van der Waals surface area contributed by atoms with E-state index in [-0.39, 0.29) is 5.91 Å².